The maximum atomic E-state index is 11.7. The summed E-state index contributed by atoms with van der Waals surface area (Å²) in [7, 11) is -3.28. The molecule has 0 radical (unpaired) electrons. The molecule has 0 aromatic carbocycles. The van der Waals surface area contributed by atoms with Crippen LogP contribution in [0.15, 0.2) is 5.11 Å². The Kier molecular flexibility index (Phi) is 12.8. The summed E-state index contributed by atoms with van der Waals surface area (Å²) in [6.07, 6.45) is 2.50. The van der Waals surface area contributed by atoms with E-state index in [-0.39, 0.29) is 31.1 Å². The first-order valence-corrected chi connectivity index (χ1v) is 9.22. The molecule has 0 heterocycles. The van der Waals surface area contributed by atoms with Crippen LogP contribution in [-0.4, -0.2) is 58.7 Å². The van der Waals surface area contributed by atoms with Gasteiger partial charge in [0, 0.05) is 17.9 Å². The Bertz CT molecular complexity index is 447. The highest BCUT2D eigenvalue weighted by molar-refractivity contribution is 7.92. The fourth-order valence-corrected chi connectivity index (χ4v) is 3.04. The summed E-state index contributed by atoms with van der Waals surface area (Å²) in [5.74, 6) is -0.643. The van der Waals surface area contributed by atoms with Gasteiger partial charge in [-0.3, -0.25) is 4.79 Å². The van der Waals surface area contributed by atoms with Crippen molar-refractivity contribution in [1.82, 2.24) is 0 Å². The fraction of sp³-hybridized carbons (Fsp3) is 0.923. The molecule has 8 nitrogen and oxygen atoms in total. The largest absolute Gasteiger partial charge is 0.379 e. The fourth-order valence-electron chi connectivity index (χ4n) is 1.62. The van der Waals surface area contributed by atoms with Crippen LogP contribution in [0.25, 0.3) is 10.4 Å². The summed E-state index contributed by atoms with van der Waals surface area (Å²) < 4.78 is 33.6. The topological polar surface area (TPSA) is 118 Å². The molecule has 9 heteroatoms. The minimum atomic E-state index is -3.28. The molecule has 0 aliphatic rings. The third-order valence-electron chi connectivity index (χ3n) is 2.74. The number of unbranched alkanes of at least 4 members (excludes halogenated alkanes) is 2. The number of hydrogen-bond acceptors (Lipinski definition) is 6. The van der Waals surface area contributed by atoms with Gasteiger partial charge in [0.2, 0.25) is 0 Å². The van der Waals surface area contributed by atoms with Crippen LogP contribution >= 0.6 is 0 Å². The van der Waals surface area contributed by atoms with E-state index in [1.54, 1.807) is 0 Å². The summed E-state index contributed by atoms with van der Waals surface area (Å²) in [5.41, 5.74) is 8.04. The lowest BCUT2D eigenvalue weighted by molar-refractivity contribution is -0.117. The molecule has 0 atom stereocenters. The minimum absolute atomic E-state index is 0.0758. The third-order valence-corrected chi connectivity index (χ3v) is 4.41. The van der Waals surface area contributed by atoms with Crippen molar-refractivity contribution < 1.29 is 22.7 Å². The number of carbonyl (C=O) groups is 1. The molecule has 0 saturated heterocycles. The number of ketones is 1. The van der Waals surface area contributed by atoms with Gasteiger partial charge in [0.15, 0.2) is 9.84 Å². The molecule has 0 saturated carbocycles. The van der Waals surface area contributed by atoms with Gasteiger partial charge in [-0.25, -0.2) is 8.42 Å². The average molecular weight is 335 g/mol. The van der Waals surface area contributed by atoms with Gasteiger partial charge in [-0.05, 0) is 12.0 Å². The highest BCUT2D eigenvalue weighted by Crippen LogP contribution is 2.02. The first-order valence-electron chi connectivity index (χ1n) is 7.40. The highest BCUT2D eigenvalue weighted by atomic mass is 32.2. The summed E-state index contributed by atoms with van der Waals surface area (Å²) in [6, 6.07) is 0. The van der Waals surface area contributed by atoms with Crippen molar-refractivity contribution in [2.75, 3.05) is 44.5 Å². The molecule has 0 unspecified atom stereocenters. The molecule has 128 valence electrons. The molecule has 0 aliphatic heterocycles. The zero-order chi connectivity index (χ0) is 16.7. The van der Waals surface area contributed by atoms with Crippen molar-refractivity contribution in [3.63, 3.8) is 0 Å². The number of Topliss-reactive ketones (excluding diaryl/α,β-unsaturated/α-hetero) is 1. The van der Waals surface area contributed by atoms with Crippen molar-refractivity contribution in [3.8, 4) is 0 Å². The molecular weight excluding hydrogens is 310 g/mol. The molecule has 0 fully saturated rings. The second kappa shape index (κ2) is 13.5. The Labute approximate surface area is 131 Å². The standard InChI is InChI=1S/C13H25N3O5S/c1-2-3-4-11-22(18,19)12-13(17)5-7-20-9-10-21-8-6-15-16-14/h2-12H2,1H3. The minimum Gasteiger partial charge on any atom is -0.379 e. The molecule has 0 aromatic heterocycles. The van der Waals surface area contributed by atoms with Crippen LogP contribution in [0.5, 0.6) is 0 Å². The predicted octanol–water partition coefficient (Wildman–Crippen LogP) is 1.89. The monoisotopic (exact) mass is 335 g/mol. The lowest BCUT2D eigenvalue weighted by atomic mass is 10.3. The van der Waals surface area contributed by atoms with E-state index in [4.69, 9.17) is 15.0 Å². The van der Waals surface area contributed by atoms with Crippen LogP contribution in [0.2, 0.25) is 0 Å². The third kappa shape index (κ3) is 13.8. The molecule has 0 amide bonds. The van der Waals surface area contributed by atoms with E-state index in [2.05, 4.69) is 10.0 Å². The van der Waals surface area contributed by atoms with Crippen LogP contribution in [0.3, 0.4) is 0 Å². The molecule has 0 aromatic rings. The molecule has 0 aliphatic carbocycles. The van der Waals surface area contributed by atoms with Crippen LogP contribution < -0.4 is 0 Å². The summed E-state index contributed by atoms with van der Waals surface area (Å²) in [6.45, 7) is 3.42. The first-order chi connectivity index (χ1) is 10.5. The van der Waals surface area contributed by atoms with Gasteiger partial charge in [0.25, 0.3) is 0 Å². The van der Waals surface area contributed by atoms with Crippen LogP contribution in [-0.2, 0) is 24.1 Å². The molecule has 0 N–H and O–H groups in total. The van der Waals surface area contributed by atoms with E-state index >= 15 is 0 Å². The second-order valence-corrected chi connectivity index (χ2v) is 6.95. The Hall–Kier alpha value is -1.15. The molecular formula is C13H25N3O5S. The van der Waals surface area contributed by atoms with Gasteiger partial charge < -0.3 is 9.47 Å². The number of sulfone groups is 1. The Morgan fingerprint density at radius 1 is 1.14 bits per heavy atom. The number of carbonyl (C=O) groups excluding carboxylic acids is 1. The van der Waals surface area contributed by atoms with Gasteiger partial charge >= 0.3 is 0 Å². The van der Waals surface area contributed by atoms with Crippen molar-refractivity contribution in [3.05, 3.63) is 10.4 Å². The van der Waals surface area contributed by atoms with E-state index in [1.165, 1.54) is 0 Å². The van der Waals surface area contributed by atoms with E-state index < -0.39 is 15.6 Å². The summed E-state index contributed by atoms with van der Waals surface area (Å²) in [5, 5.41) is 3.30. The van der Waals surface area contributed by atoms with Gasteiger partial charge in [-0.2, -0.15) is 0 Å². The van der Waals surface area contributed by atoms with Gasteiger partial charge in [0.1, 0.15) is 11.5 Å². The molecule has 0 bridgehead atoms. The molecule has 0 rings (SSSR count). The van der Waals surface area contributed by atoms with Crippen molar-refractivity contribution in [1.29, 1.82) is 0 Å². The summed E-state index contributed by atoms with van der Waals surface area (Å²) in [4.78, 5) is 14.1. The van der Waals surface area contributed by atoms with Crippen LogP contribution in [0.4, 0.5) is 0 Å². The smallest absolute Gasteiger partial charge is 0.157 e. The zero-order valence-electron chi connectivity index (χ0n) is 13.1. The lowest BCUT2D eigenvalue weighted by Gasteiger charge is -2.05. The van der Waals surface area contributed by atoms with Crippen LogP contribution in [0.1, 0.15) is 32.6 Å². The molecule has 0 spiro atoms. The Morgan fingerprint density at radius 3 is 2.45 bits per heavy atom. The maximum absolute atomic E-state index is 11.7. The zero-order valence-corrected chi connectivity index (χ0v) is 13.9. The molecule has 22 heavy (non-hydrogen) atoms. The van der Waals surface area contributed by atoms with E-state index in [0.29, 0.717) is 26.2 Å². The van der Waals surface area contributed by atoms with Gasteiger partial charge in [-0.15, -0.1) is 0 Å². The summed E-state index contributed by atoms with van der Waals surface area (Å²) >= 11 is 0. The normalized spacial score (nSPS) is 11.1. The first kappa shape index (κ1) is 20.9. The SMILES string of the molecule is CCCCCS(=O)(=O)CC(=O)CCOCCOCCN=[N+]=[N-]. The predicted molar refractivity (Wildman–Crippen MR) is 83.5 cm³/mol. The van der Waals surface area contributed by atoms with Gasteiger partial charge in [0.05, 0.1) is 32.2 Å². The van der Waals surface area contributed by atoms with Gasteiger partial charge in [-0.1, -0.05) is 24.9 Å². The van der Waals surface area contributed by atoms with Crippen molar-refractivity contribution in [2.45, 2.75) is 32.6 Å². The van der Waals surface area contributed by atoms with E-state index in [9.17, 15) is 13.2 Å². The number of nitrogens with zero attached hydrogens (tertiary/aromatic N) is 3. The van der Waals surface area contributed by atoms with Crippen molar-refractivity contribution in [2.24, 2.45) is 5.11 Å². The Morgan fingerprint density at radius 2 is 1.82 bits per heavy atom. The number of rotatable bonds is 15. The highest BCUT2D eigenvalue weighted by Gasteiger charge is 2.15. The number of hydrogen-bond donors (Lipinski definition) is 0. The number of ether oxygens (including phenoxy) is 2. The van der Waals surface area contributed by atoms with E-state index in [0.717, 1.165) is 12.8 Å². The van der Waals surface area contributed by atoms with E-state index in [1.807, 2.05) is 6.92 Å². The number of azide groups is 1. The Balaban J connectivity index is 3.58. The van der Waals surface area contributed by atoms with Crippen molar-refractivity contribution >= 4 is 15.6 Å². The quantitative estimate of drug-likeness (QED) is 0.196. The lowest BCUT2D eigenvalue weighted by Crippen LogP contribution is -2.20. The average Bonchev–Trinajstić information content (AvgIpc) is 2.45. The second-order valence-electron chi connectivity index (χ2n) is 4.77. The van der Waals surface area contributed by atoms with Crippen LogP contribution in [0, 0.1) is 0 Å². The maximum Gasteiger partial charge on any atom is 0.157 e.